The number of hydrogen-bond acceptors (Lipinski definition) is 2. The van der Waals surface area contributed by atoms with Gasteiger partial charge in [-0.3, -0.25) is 0 Å². The lowest BCUT2D eigenvalue weighted by molar-refractivity contribution is 0.518. The van der Waals surface area contributed by atoms with Crippen LogP contribution in [0.15, 0.2) is 29.4 Å². The lowest BCUT2D eigenvalue weighted by Crippen LogP contribution is -2.13. The number of aliphatic imine (C=N–C) groups is 2. The molecule has 0 fully saturated rings. The van der Waals surface area contributed by atoms with Gasteiger partial charge in [-0.05, 0) is 4.99 Å². The van der Waals surface area contributed by atoms with Crippen molar-refractivity contribution >= 4 is 11.9 Å². The molecule has 0 aromatic carbocycles. The lowest BCUT2D eigenvalue weighted by Gasteiger charge is -1.90. The van der Waals surface area contributed by atoms with Crippen LogP contribution in [0.2, 0.25) is 0 Å². The van der Waals surface area contributed by atoms with Gasteiger partial charge in [-0.15, -0.1) is 0 Å². The van der Waals surface area contributed by atoms with Crippen LogP contribution in [-0.2, 0) is 0 Å². The Bertz CT molecular complexity index is 250. The molecule has 0 saturated heterocycles. The van der Waals surface area contributed by atoms with E-state index in [1.807, 2.05) is 0 Å². The normalized spacial score (nSPS) is 17.0. The molecule has 51 valence electrons. The van der Waals surface area contributed by atoms with Crippen LogP contribution < -0.4 is 4.99 Å². The lowest BCUT2D eigenvalue weighted by atomic mass is 10.3. The highest BCUT2D eigenvalue weighted by molar-refractivity contribution is 6.02. The quantitative estimate of drug-likeness (QED) is 0.546. The molecular formula is C6H6N2O2+. The van der Waals surface area contributed by atoms with Crippen LogP contribution >= 0.6 is 0 Å². The van der Waals surface area contributed by atoms with Crippen molar-refractivity contribution in [3.8, 4) is 0 Å². The van der Waals surface area contributed by atoms with Crippen molar-refractivity contribution in [2.75, 3.05) is 0 Å². The minimum Gasteiger partial charge on any atom is -0.474 e. The van der Waals surface area contributed by atoms with Crippen LogP contribution in [0.4, 0.5) is 0 Å². The van der Waals surface area contributed by atoms with Gasteiger partial charge < -0.3 is 10.2 Å². The molecule has 1 heterocycles. The molecule has 0 bridgehead atoms. The summed E-state index contributed by atoms with van der Waals surface area (Å²) >= 11 is 0. The first-order chi connectivity index (χ1) is 4.74. The van der Waals surface area contributed by atoms with Gasteiger partial charge in [-0.2, -0.15) is 0 Å². The molecule has 0 saturated carbocycles. The maximum absolute atomic E-state index is 8.91. The number of amidine groups is 1. The Morgan fingerprint density at radius 1 is 1.60 bits per heavy atom. The second kappa shape index (κ2) is 2.34. The summed E-state index contributed by atoms with van der Waals surface area (Å²) in [5.74, 6) is -0.262. The minimum absolute atomic E-state index is 0.262. The van der Waals surface area contributed by atoms with E-state index in [0.717, 1.165) is 0 Å². The molecule has 4 nitrogen and oxygen atoms in total. The van der Waals surface area contributed by atoms with Crippen LogP contribution in [0, 0.1) is 0 Å². The number of nitrogens with zero attached hydrogens (tertiary/aromatic N) is 2. The van der Waals surface area contributed by atoms with E-state index in [9.17, 15) is 0 Å². The average Bonchev–Trinajstić information content (AvgIpc) is 1.88. The second-order valence-corrected chi connectivity index (χ2v) is 1.65. The van der Waals surface area contributed by atoms with Crippen LogP contribution in [0.25, 0.3) is 0 Å². The fraction of sp³-hybridized carbons (Fsp3) is 0. The average molecular weight is 138 g/mol. The summed E-state index contributed by atoms with van der Waals surface area (Å²) in [4.78, 5) is 6.70. The standard InChI is InChI=1S/C6H6N2O2/c1-2-4-3-7-6(10)8-5(4)9/h2-3H,1H2,(H2,8,9,10)/q+1. The molecule has 1 rings (SSSR count). The van der Waals surface area contributed by atoms with E-state index < -0.39 is 6.02 Å². The molecule has 0 aromatic rings. The molecular weight excluding hydrogens is 132 g/mol. The highest BCUT2D eigenvalue weighted by Gasteiger charge is 2.18. The highest BCUT2D eigenvalue weighted by atomic mass is 16.3. The fourth-order valence-corrected chi connectivity index (χ4v) is 0.517. The molecule has 2 N–H and O–H groups in total. The van der Waals surface area contributed by atoms with E-state index >= 15 is 0 Å². The fourth-order valence-electron chi connectivity index (χ4n) is 0.517. The predicted octanol–water partition coefficient (Wildman–Crippen LogP) is 0.276. The molecule has 0 aliphatic carbocycles. The van der Waals surface area contributed by atoms with E-state index in [1.54, 1.807) is 0 Å². The summed E-state index contributed by atoms with van der Waals surface area (Å²) in [6.07, 6.45) is 2.68. The first-order valence-corrected chi connectivity index (χ1v) is 2.61. The molecule has 0 spiro atoms. The molecule has 0 atom stereocenters. The third kappa shape index (κ3) is 1.05. The summed E-state index contributed by atoms with van der Waals surface area (Å²) in [6, 6.07) is -0.442. The third-order valence-electron chi connectivity index (χ3n) is 1.00. The van der Waals surface area contributed by atoms with Crippen LogP contribution in [0.5, 0.6) is 0 Å². The molecule has 4 heteroatoms. The molecule has 0 unspecified atom stereocenters. The number of aliphatic hydroxyl groups excluding tert-OH is 2. The molecule has 1 aliphatic rings. The number of aliphatic hydroxyl groups is 2. The number of hydrogen-bond donors (Lipinski definition) is 2. The highest BCUT2D eigenvalue weighted by Crippen LogP contribution is 1.98. The second-order valence-electron chi connectivity index (χ2n) is 1.65. The van der Waals surface area contributed by atoms with E-state index in [1.165, 1.54) is 12.3 Å². The van der Waals surface area contributed by atoms with Gasteiger partial charge in [0.15, 0.2) is 6.20 Å². The predicted molar refractivity (Wildman–Crippen MR) is 38.1 cm³/mol. The Balaban J connectivity index is 3.02. The van der Waals surface area contributed by atoms with Crippen molar-refractivity contribution in [3.05, 3.63) is 24.4 Å². The molecule has 10 heavy (non-hydrogen) atoms. The van der Waals surface area contributed by atoms with Crippen LogP contribution in [0.3, 0.4) is 0 Å². The summed E-state index contributed by atoms with van der Waals surface area (Å²) in [5, 5.41) is 17.5. The van der Waals surface area contributed by atoms with Gasteiger partial charge in [-0.25, -0.2) is 0 Å². The van der Waals surface area contributed by atoms with Gasteiger partial charge in [0.05, 0.1) is 0 Å². The zero-order valence-corrected chi connectivity index (χ0v) is 5.15. The zero-order valence-electron chi connectivity index (χ0n) is 5.15. The molecule has 0 amide bonds. The maximum atomic E-state index is 8.91. The summed E-state index contributed by atoms with van der Waals surface area (Å²) < 4.78 is 0. The first-order valence-electron chi connectivity index (χ1n) is 2.61. The molecule has 0 aromatic heterocycles. The summed E-state index contributed by atoms with van der Waals surface area (Å²) in [6.45, 7) is 3.40. The van der Waals surface area contributed by atoms with Crippen molar-refractivity contribution in [1.82, 2.24) is 4.99 Å². The van der Waals surface area contributed by atoms with Crippen molar-refractivity contribution in [2.24, 2.45) is 4.99 Å². The zero-order chi connectivity index (χ0) is 7.56. The Hall–Kier alpha value is -1.58. The smallest absolute Gasteiger partial charge is 0.474 e. The topological polar surface area (TPSA) is 66.9 Å². The summed E-state index contributed by atoms with van der Waals surface area (Å²) in [7, 11) is 0. The molecule has 1 radical (unpaired) electrons. The monoisotopic (exact) mass is 138 g/mol. The van der Waals surface area contributed by atoms with Crippen molar-refractivity contribution in [1.29, 1.82) is 0 Å². The Labute approximate surface area is 57.6 Å². The van der Waals surface area contributed by atoms with Gasteiger partial charge in [0, 0.05) is 4.99 Å². The van der Waals surface area contributed by atoms with E-state index in [0.29, 0.717) is 5.57 Å². The Morgan fingerprint density at radius 2 is 2.30 bits per heavy atom. The number of rotatable bonds is 1. The Morgan fingerprint density at radius 3 is 2.80 bits per heavy atom. The molecule has 1 aliphatic heterocycles. The van der Waals surface area contributed by atoms with Crippen molar-refractivity contribution < 1.29 is 10.2 Å². The van der Waals surface area contributed by atoms with E-state index in [2.05, 4.69) is 16.6 Å². The van der Waals surface area contributed by atoms with E-state index in [4.69, 9.17) is 10.2 Å². The Kier molecular flexibility index (Phi) is 1.53. The van der Waals surface area contributed by atoms with Crippen molar-refractivity contribution in [3.63, 3.8) is 0 Å². The summed E-state index contributed by atoms with van der Waals surface area (Å²) in [5.41, 5.74) is 0.401. The maximum Gasteiger partial charge on any atom is 0.541 e. The van der Waals surface area contributed by atoms with Gasteiger partial charge in [0.25, 0.3) is 0 Å². The van der Waals surface area contributed by atoms with Crippen molar-refractivity contribution in [2.45, 2.75) is 0 Å². The van der Waals surface area contributed by atoms with Gasteiger partial charge in [-0.1, -0.05) is 12.7 Å². The van der Waals surface area contributed by atoms with Crippen LogP contribution in [0.1, 0.15) is 0 Å². The van der Waals surface area contributed by atoms with Gasteiger partial charge in [0.2, 0.25) is 0 Å². The largest absolute Gasteiger partial charge is 0.541 e. The SMILES string of the molecule is C=CC1=C[N+]=C(O)N=C1O. The van der Waals surface area contributed by atoms with Gasteiger partial charge >= 0.3 is 11.9 Å². The van der Waals surface area contributed by atoms with Crippen LogP contribution in [-0.4, -0.2) is 22.1 Å². The first kappa shape index (κ1) is 6.54. The minimum atomic E-state index is -0.442. The third-order valence-corrected chi connectivity index (χ3v) is 1.00. The van der Waals surface area contributed by atoms with Gasteiger partial charge in [0.1, 0.15) is 5.57 Å². The van der Waals surface area contributed by atoms with E-state index in [-0.39, 0.29) is 5.90 Å².